The number of rotatable bonds is 4. The van der Waals surface area contributed by atoms with Crippen molar-refractivity contribution in [2.24, 2.45) is 11.7 Å². The quantitative estimate of drug-likeness (QED) is 0.437. The molecule has 5 N–H and O–H groups in total. The number of methoxy groups -OCH3 is 1. The molecule has 35 heavy (non-hydrogen) atoms. The molecule has 0 radical (unpaired) electrons. The maximum Gasteiger partial charge on any atom is 0.263 e. The lowest BCUT2D eigenvalue weighted by molar-refractivity contribution is -0.122. The van der Waals surface area contributed by atoms with Crippen LogP contribution in [0.1, 0.15) is 31.4 Å². The molecule has 1 saturated carbocycles. The highest BCUT2D eigenvalue weighted by Crippen LogP contribution is 2.28. The van der Waals surface area contributed by atoms with Gasteiger partial charge in [0.1, 0.15) is 5.52 Å². The predicted octanol–water partition coefficient (Wildman–Crippen LogP) is 2.00. The highest BCUT2D eigenvalue weighted by atomic mass is 16.5. The monoisotopic (exact) mass is 480 g/mol. The standard InChI is InChI=1S/C16H19N3O3.C8H9N3O2/c1-22-14-6-5-12-15(19-14)13(7-8-17-12)18-16(21)10-3-2-4-11(20)9-10;9-3-5-1-2-6-8(10-5)11-7(12)4-13-6/h5-8,10-11,20H,2-4,9H2,1H3,(H,17,18,21);1-2H,3-4,9H2,(H,10,11,12). The van der Waals surface area contributed by atoms with Crippen LogP contribution in [0.4, 0.5) is 11.5 Å². The van der Waals surface area contributed by atoms with Gasteiger partial charge >= 0.3 is 0 Å². The van der Waals surface area contributed by atoms with E-state index in [2.05, 4.69) is 25.6 Å². The van der Waals surface area contributed by atoms with E-state index in [1.807, 2.05) is 0 Å². The summed E-state index contributed by atoms with van der Waals surface area (Å²) in [5.41, 5.74) is 8.05. The summed E-state index contributed by atoms with van der Waals surface area (Å²) in [6.07, 6.45) is 4.25. The topological polar surface area (TPSA) is 162 Å². The minimum Gasteiger partial charge on any atom is -0.481 e. The van der Waals surface area contributed by atoms with Crippen molar-refractivity contribution in [3.05, 3.63) is 42.2 Å². The lowest BCUT2D eigenvalue weighted by atomic mass is 9.86. The molecule has 2 atom stereocenters. The van der Waals surface area contributed by atoms with Crippen molar-refractivity contribution in [3.8, 4) is 11.6 Å². The number of hydrogen-bond donors (Lipinski definition) is 4. The summed E-state index contributed by atoms with van der Waals surface area (Å²) >= 11 is 0. The summed E-state index contributed by atoms with van der Waals surface area (Å²) in [5.74, 6) is 1.11. The molecule has 5 rings (SSSR count). The van der Waals surface area contributed by atoms with Crippen molar-refractivity contribution >= 4 is 34.4 Å². The number of carbonyl (C=O) groups is 2. The molecule has 11 heteroatoms. The summed E-state index contributed by atoms with van der Waals surface area (Å²) in [5, 5.41) is 15.2. The van der Waals surface area contributed by atoms with Gasteiger partial charge in [0.25, 0.3) is 5.91 Å². The molecule has 1 aliphatic carbocycles. The molecule has 3 aromatic heterocycles. The summed E-state index contributed by atoms with van der Waals surface area (Å²) in [7, 11) is 1.55. The van der Waals surface area contributed by atoms with E-state index >= 15 is 0 Å². The Balaban J connectivity index is 0.000000189. The van der Waals surface area contributed by atoms with E-state index < -0.39 is 0 Å². The average Bonchev–Trinajstić information content (AvgIpc) is 2.88. The summed E-state index contributed by atoms with van der Waals surface area (Å²) < 4.78 is 10.2. The Hall–Kier alpha value is -3.83. The fraction of sp³-hybridized carbons (Fsp3) is 0.375. The third kappa shape index (κ3) is 6.00. The molecule has 2 unspecified atom stereocenters. The highest BCUT2D eigenvalue weighted by Gasteiger charge is 2.26. The van der Waals surface area contributed by atoms with Crippen LogP contribution in [0.15, 0.2) is 36.5 Å². The molecular weight excluding hydrogens is 452 g/mol. The van der Waals surface area contributed by atoms with Crippen LogP contribution in [0.3, 0.4) is 0 Å². The van der Waals surface area contributed by atoms with Gasteiger partial charge in [-0.25, -0.2) is 9.97 Å². The maximum atomic E-state index is 12.4. The Kier molecular flexibility index (Phi) is 7.68. The van der Waals surface area contributed by atoms with Gasteiger partial charge in [-0.05, 0) is 43.5 Å². The lowest BCUT2D eigenvalue weighted by Gasteiger charge is -2.25. The lowest BCUT2D eigenvalue weighted by Crippen LogP contribution is -2.30. The number of fused-ring (bicyclic) bond motifs is 2. The number of nitrogens with zero attached hydrogens (tertiary/aromatic N) is 3. The van der Waals surface area contributed by atoms with E-state index in [0.717, 1.165) is 25.0 Å². The van der Waals surface area contributed by atoms with Crippen molar-refractivity contribution in [1.82, 2.24) is 15.0 Å². The number of aliphatic hydroxyl groups is 1. The van der Waals surface area contributed by atoms with Gasteiger partial charge in [0.2, 0.25) is 11.8 Å². The average molecular weight is 481 g/mol. The van der Waals surface area contributed by atoms with Crippen LogP contribution in [0, 0.1) is 5.92 Å². The van der Waals surface area contributed by atoms with Crippen molar-refractivity contribution in [3.63, 3.8) is 0 Å². The first-order valence-corrected chi connectivity index (χ1v) is 11.4. The zero-order valence-electron chi connectivity index (χ0n) is 19.4. The number of nitrogens with one attached hydrogen (secondary N) is 2. The summed E-state index contributed by atoms with van der Waals surface area (Å²) in [6, 6.07) is 8.80. The Morgan fingerprint density at radius 3 is 2.89 bits per heavy atom. The van der Waals surface area contributed by atoms with Crippen molar-refractivity contribution in [2.45, 2.75) is 38.3 Å². The van der Waals surface area contributed by atoms with Gasteiger partial charge in [-0.2, -0.15) is 0 Å². The minimum absolute atomic E-state index is 0.0522. The van der Waals surface area contributed by atoms with E-state index in [-0.39, 0.29) is 30.4 Å². The second kappa shape index (κ2) is 11.1. The van der Waals surface area contributed by atoms with Gasteiger partial charge in [-0.3, -0.25) is 14.6 Å². The molecule has 4 heterocycles. The first kappa shape index (κ1) is 24.3. The SMILES string of the molecule is COc1ccc2nccc(NC(=O)C3CCCC(O)C3)c2n1.NCc1ccc2c(n1)NC(=O)CO2. The molecule has 0 aromatic carbocycles. The van der Waals surface area contributed by atoms with Crippen molar-refractivity contribution < 1.29 is 24.2 Å². The Morgan fingerprint density at radius 1 is 1.26 bits per heavy atom. The van der Waals surface area contributed by atoms with E-state index in [1.54, 1.807) is 43.6 Å². The van der Waals surface area contributed by atoms with Crippen LogP contribution in [-0.2, 0) is 16.1 Å². The third-order valence-electron chi connectivity index (χ3n) is 5.78. The zero-order chi connectivity index (χ0) is 24.8. The van der Waals surface area contributed by atoms with Gasteiger partial charge in [-0.1, -0.05) is 6.42 Å². The molecule has 2 amide bonds. The fourth-order valence-corrected chi connectivity index (χ4v) is 3.98. The van der Waals surface area contributed by atoms with Crippen LogP contribution < -0.4 is 25.8 Å². The second-order valence-corrected chi connectivity index (χ2v) is 8.28. The Bertz CT molecular complexity index is 1220. The molecule has 0 spiro atoms. The number of aromatic nitrogens is 3. The van der Waals surface area contributed by atoms with Gasteiger partial charge in [0.15, 0.2) is 18.2 Å². The molecular formula is C24H28N6O5. The highest BCUT2D eigenvalue weighted by molar-refractivity contribution is 6.00. The molecule has 184 valence electrons. The normalized spacial score (nSPS) is 18.9. The molecule has 0 saturated heterocycles. The number of carbonyl (C=O) groups excluding carboxylic acids is 2. The summed E-state index contributed by atoms with van der Waals surface area (Å²) in [4.78, 5) is 36.0. The second-order valence-electron chi connectivity index (χ2n) is 8.28. The van der Waals surface area contributed by atoms with E-state index in [4.69, 9.17) is 15.2 Å². The number of nitrogens with two attached hydrogens (primary N) is 1. The van der Waals surface area contributed by atoms with Crippen molar-refractivity contribution in [2.75, 3.05) is 24.4 Å². The molecule has 0 bridgehead atoms. The van der Waals surface area contributed by atoms with E-state index in [1.165, 1.54) is 0 Å². The Morgan fingerprint density at radius 2 is 2.11 bits per heavy atom. The largest absolute Gasteiger partial charge is 0.481 e. The number of anilines is 2. The van der Waals surface area contributed by atoms with Gasteiger partial charge in [0.05, 0.1) is 30.1 Å². The van der Waals surface area contributed by atoms with Crippen LogP contribution in [0.25, 0.3) is 11.0 Å². The van der Waals surface area contributed by atoms with Gasteiger partial charge in [0, 0.05) is 24.7 Å². The maximum absolute atomic E-state index is 12.4. The minimum atomic E-state index is -0.378. The van der Waals surface area contributed by atoms with Crippen LogP contribution >= 0.6 is 0 Å². The van der Waals surface area contributed by atoms with Gasteiger partial charge in [-0.15, -0.1) is 0 Å². The van der Waals surface area contributed by atoms with Crippen LogP contribution in [-0.4, -0.2) is 51.7 Å². The van der Waals surface area contributed by atoms with Crippen LogP contribution in [0.5, 0.6) is 11.6 Å². The first-order valence-electron chi connectivity index (χ1n) is 11.4. The first-order chi connectivity index (χ1) is 17.0. The van der Waals surface area contributed by atoms with Crippen molar-refractivity contribution in [1.29, 1.82) is 0 Å². The number of ether oxygens (including phenoxy) is 2. The Labute approximate surface area is 202 Å². The van der Waals surface area contributed by atoms with Gasteiger partial charge < -0.3 is 30.9 Å². The molecule has 2 aliphatic rings. The number of pyridine rings is 3. The zero-order valence-corrected chi connectivity index (χ0v) is 19.4. The fourth-order valence-electron chi connectivity index (χ4n) is 3.98. The number of aliphatic hydroxyl groups excluding tert-OH is 1. The smallest absolute Gasteiger partial charge is 0.263 e. The summed E-state index contributed by atoms with van der Waals surface area (Å²) in [6.45, 7) is 0.403. The molecule has 11 nitrogen and oxygen atoms in total. The molecule has 3 aromatic rings. The number of hydrogen-bond acceptors (Lipinski definition) is 9. The van der Waals surface area contributed by atoms with Crippen LogP contribution in [0.2, 0.25) is 0 Å². The number of amides is 2. The van der Waals surface area contributed by atoms with E-state index in [0.29, 0.717) is 47.1 Å². The predicted molar refractivity (Wildman–Crippen MR) is 129 cm³/mol. The molecule has 1 fully saturated rings. The van der Waals surface area contributed by atoms with E-state index in [9.17, 15) is 14.7 Å². The molecule has 1 aliphatic heterocycles. The third-order valence-corrected chi connectivity index (χ3v) is 5.78.